The van der Waals surface area contributed by atoms with Crippen molar-refractivity contribution < 1.29 is 18.7 Å². The summed E-state index contributed by atoms with van der Waals surface area (Å²) < 4.78 is 11.4. The molecular formula is C21H19N3O4. The molecule has 2 aliphatic rings. The third-order valence-electron chi connectivity index (χ3n) is 5.40. The average Bonchev–Trinajstić information content (AvgIpc) is 3.32. The van der Waals surface area contributed by atoms with Crippen molar-refractivity contribution in [2.75, 3.05) is 0 Å². The number of benzene rings is 2. The van der Waals surface area contributed by atoms with E-state index in [9.17, 15) is 9.59 Å². The quantitative estimate of drug-likeness (QED) is 0.704. The van der Waals surface area contributed by atoms with E-state index in [1.54, 1.807) is 0 Å². The third-order valence-corrected chi connectivity index (χ3v) is 5.40. The number of rotatable bonds is 4. The molecule has 0 aliphatic carbocycles. The van der Waals surface area contributed by atoms with Gasteiger partial charge >= 0.3 is 0 Å². The van der Waals surface area contributed by atoms with Gasteiger partial charge in [-0.3, -0.25) is 19.8 Å². The lowest BCUT2D eigenvalue weighted by molar-refractivity contribution is -0.137. The van der Waals surface area contributed by atoms with Gasteiger partial charge in [-0.05, 0) is 35.7 Å². The number of hydrogen-bond donors (Lipinski definition) is 1. The molecule has 28 heavy (non-hydrogen) atoms. The summed E-state index contributed by atoms with van der Waals surface area (Å²) in [5.74, 6) is 0.436. The molecule has 2 aliphatic heterocycles. The monoisotopic (exact) mass is 377 g/mol. The lowest BCUT2D eigenvalue weighted by Gasteiger charge is -2.29. The highest BCUT2D eigenvalue weighted by Gasteiger charge is 2.35. The van der Waals surface area contributed by atoms with Crippen LogP contribution in [0, 0.1) is 0 Å². The second kappa shape index (κ2) is 6.76. The van der Waals surface area contributed by atoms with Crippen LogP contribution in [-0.2, 0) is 29.3 Å². The topological polar surface area (TPSA) is 84.7 Å². The smallest absolute Gasteiger partial charge is 0.243 e. The van der Waals surface area contributed by atoms with Gasteiger partial charge in [-0.2, -0.15) is 0 Å². The molecule has 3 heterocycles. The highest BCUT2D eigenvalue weighted by atomic mass is 16.5. The molecule has 0 radical (unpaired) electrons. The standard InChI is InChI=1S/C21H19N3O4/c25-20-7-5-17(21(26)23-20)24-9-14-2-1-3-18(15(14)10-24)27-11-13-4-6-19-16(8-13)22-12-28-19/h1-4,6,8,12,17H,5,7,9-11H2,(H,23,25,26). The van der Waals surface area contributed by atoms with Crippen LogP contribution in [0.3, 0.4) is 0 Å². The fourth-order valence-corrected chi connectivity index (χ4v) is 3.96. The number of oxazole rings is 1. The van der Waals surface area contributed by atoms with Crippen molar-refractivity contribution in [3.63, 3.8) is 0 Å². The zero-order chi connectivity index (χ0) is 19.1. The van der Waals surface area contributed by atoms with Crippen molar-refractivity contribution in [3.8, 4) is 5.75 Å². The van der Waals surface area contributed by atoms with Gasteiger partial charge in [-0.1, -0.05) is 18.2 Å². The Balaban J connectivity index is 1.31. The number of fused-ring (bicyclic) bond motifs is 2. The molecule has 1 aromatic heterocycles. The summed E-state index contributed by atoms with van der Waals surface area (Å²) >= 11 is 0. The number of aromatic nitrogens is 1. The lowest BCUT2D eigenvalue weighted by Crippen LogP contribution is -2.50. The van der Waals surface area contributed by atoms with Gasteiger partial charge in [0.25, 0.3) is 0 Å². The molecule has 1 fully saturated rings. The zero-order valence-corrected chi connectivity index (χ0v) is 15.2. The summed E-state index contributed by atoms with van der Waals surface area (Å²) in [5, 5.41) is 2.44. The van der Waals surface area contributed by atoms with Crippen molar-refractivity contribution in [2.24, 2.45) is 0 Å². The second-order valence-corrected chi connectivity index (χ2v) is 7.21. The summed E-state index contributed by atoms with van der Waals surface area (Å²) in [6, 6.07) is 11.5. The number of carbonyl (C=O) groups excluding carboxylic acids is 2. The maximum absolute atomic E-state index is 12.2. The van der Waals surface area contributed by atoms with E-state index in [1.807, 2.05) is 30.3 Å². The number of ether oxygens (including phenoxy) is 1. The predicted molar refractivity (Wildman–Crippen MR) is 100 cm³/mol. The molecule has 0 bridgehead atoms. The van der Waals surface area contributed by atoms with Crippen molar-refractivity contribution >= 4 is 22.9 Å². The molecule has 1 saturated heterocycles. The number of hydrogen-bond acceptors (Lipinski definition) is 6. The maximum Gasteiger partial charge on any atom is 0.243 e. The normalized spacial score (nSPS) is 19.6. The molecule has 1 N–H and O–H groups in total. The summed E-state index contributed by atoms with van der Waals surface area (Å²) in [6.45, 7) is 1.75. The van der Waals surface area contributed by atoms with Crippen LogP contribution in [0.15, 0.2) is 47.2 Å². The zero-order valence-electron chi connectivity index (χ0n) is 15.2. The minimum atomic E-state index is -0.271. The Kier molecular flexibility index (Phi) is 4.09. The van der Waals surface area contributed by atoms with E-state index < -0.39 is 0 Å². The molecule has 1 atom stereocenters. The van der Waals surface area contributed by atoms with E-state index in [-0.39, 0.29) is 17.9 Å². The number of piperidine rings is 1. The molecule has 7 nitrogen and oxygen atoms in total. The van der Waals surface area contributed by atoms with E-state index >= 15 is 0 Å². The van der Waals surface area contributed by atoms with E-state index in [1.165, 1.54) is 6.39 Å². The van der Waals surface area contributed by atoms with Gasteiger partial charge in [-0.15, -0.1) is 0 Å². The first kappa shape index (κ1) is 16.9. The molecule has 2 aromatic carbocycles. The average molecular weight is 377 g/mol. The summed E-state index contributed by atoms with van der Waals surface area (Å²) in [5.41, 5.74) is 4.84. The molecule has 2 amide bonds. The summed E-state index contributed by atoms with van der Waals surface area (Å²) in [4.78, 5) is 29.9. The summed E-state index contributed by atoms with van der Waals surface area (Å²) in [7, 11) is 0. The molecule has 7 heteroatoms. The Morgan fingerprint density at radius 2 is 2.14 bits per heavy atom. The third kappa shape index (κ3) is 3.03. The van der Waals surface area contributed by atoms with Gasteiger partial charge in [0, 0.05) is 25.1 Å². The largest absolute Gasteiger partial charge is 0.489 e. The van der Waals surface area contributed by atoms with E-state index in [0.29, 0.717) is 32.5 Å². The Morgan fingerprint density at radius 1 is 1.21 bits per heavy atom. The number of amides is 2. The Labute approximate surface area is 161 Å². The van der Waals surface area contributed by atoms with Gasteiger partial charge in [-0.25, -0.2) is 4.98 Å². The second-order valence-electron chi connectivity index (χ2n) is 7.21. The van der Waals surface area contributed by atoms with Crippen LogP contribution in [0.5, 0.6) is 5.75 Å². The number of imide groups is 1. The van der Waals surface area contributed by atoms with Gasteiger partial charge in [0.05, 0.1) is 6.04 Å². The molecular weight excluding hydrogens is 358 g/mol. The van der Waals surface area contributed by atoms with Crippen LogP contribution < -0.4 is 10.1 Å². The van der Waals surface area contributed by atoms with Crippen LogP contribution in [0.1, 0.15) is 29.5 Å². The van der Waals surface area contributed by atoms with Gasteiger partial charge in [0.15, 0.2) is 12.0 Å². The fraction of sp³-hybridized carbons (Fsp3) is 0.286. The Bertz CT molecular complexity index is 1070. The van der Waals surface area contributed by atoms with Crippen molar-refractivity contribution in [1.29, 1.82) is 0 Å². The van der Waals surface area contributed by atoms with Crippen LogP contribution >= 0.6 is 0 Å². The number of carbonyl (C=O) groups is 2. The molecule has 0 saturated carbocycles. The molecule has 1 unspecified atom stereocenters. The van der Waals surface area contributed by atoms with Gasteiger partial charge < -0.3 is 9.15 Å². The first-order chi connectivity index (χ1) is 13.7. The maximum atomic E-state index is 12.2. The minimum Gasteiger partial charge on any atom is -0.489 e. The lowest BCUT2D eigenvalue weighted by atomic mass is 10.0. The van der Waals surface area contributed by atoms with Gasteiger partial charge in [0.1, 0.15) is 17.9 Å². The first-order valence-corrected chi connectivity index (χ1v) is 9.31. The van der Waals surface area contributed by atoms with E-state index in [4.69, 9.17) is 9.15 Å². The Hall–Kier alpha value is -3.19. The first-order valence-electron chi connectivity index (χ1n) is 9.31. The fourth-order valence-electron chi connectivity index (χ4n) is 3.96. The van der Waals surface area contributed by atoms with Crippen LogP contribution in [0.25, 0.3) is 11.1 Å². The molecule has 3 aromatic rings. The highest BCUT2D eigenvalue weighted by Crippen LogP contribution is 2.34. The molecule has 0 spiro atoms. The van der Waals surface area contributed by atoms with Crippen LogP contribution in [0.4, 0.5) is 0 Å². The SMILES string of the molecule is O=C1CCC(N2Cc3cccc(OCc4ccc5ocnc5c4)c3C2)C(=O)N1. The molecule has 142 valence electrons. The summed E-state index contributed by atoms with van der Waals surface area (Å²) in [6.07, 6.45) is 2.38. The predicted octanol–water partition coefficient (Wildman–Crippen LogP) is 2.53. The van der Waals surface area contributed by atoms with Crippen LogP contribution in [-0.4, -0.2) is 27.7 Å². The number of nitrogens with one attached hydrogen (secondary N) is 1. The van der Waals surface area contributed by atoms with Crippen molar-refractivity contribution in [1.82, 2.24) is 15.2 Å². The Morgan fingerprint density at radius 3 is 3.04 bits per heavy atom. The van der Waals surface area contributed by atoms with Crippen molar-refractivity contribution in [3.05, 3.63) is 59.5 Å². The van der Waals surface area contributed by atoms with E-state index in [2.05, 4.69) is 21.3 Å². The van der Waals surface area contributed by atoms with Gasteiger partial charge in [0.2, 0.25) is 11.8 Å². The number of nitrogens with zero attached hydrogens (tertiary/aromatic N) is 2. The van der Waals surface area contributed by atoms with E-state index in [0.717, 1.165) is 33.5 Å². The van der Waals surface area contributed by atoms with Crippen LogP contribution in [0.2, 0.25) is 0 Å². The molecule has 5 rings (SSSR count). The van der Waals surface area contributed by atoms with Crippen molar-refractivity contribution in [2.45, 2.75) is 38.6 Å². The highest BCUT2D eigenvalue weighted by molar-refractivity contribution is 6.00. The minimum absolute atomic E-state index is 0.189.